The average molecular weight is 1030 g/mol. The maximum absolute atomic E-state index is 6.98. The van der Waals surface area contributed by atoms with E-state index in [0.29, 0.717) is 0 Å². The number of hydrogen-bond acceptors (Lipinski definition) is 3. The summed E-state index contributed by atoms with van der Waals surface area (Å²) in [5.74, 6) is 0. The van der Waals surface area contributed by atoms with E-state index in [4.69, 9.17) is 4.42 Å². The molecule has 15 rings (SSSR count). The average Bonchev–Trinajstić information content (AvgIpc) is 3.85. The Morgan fingerprint density at radius 1 is 0.198 bits per heavy atom. The minimum atomic E-state index is 0.840. The van der Waals surface area contributed by atoms with Gasteiger partial charge in [-0.05, 0) is 173 Å². The standard InChI is InChI=1S/C78H52N2O/c1-5-19-53(20-6-1)57-33-40-63(41-34-57)79(64-42-35-58(36-43-64)54-21-7-2-8-22-54)67-48-62(49-68(50-67)80(66-46-39-56-25-13-14-28-61(56)47-66)65-44-37-59(38-45-65)55-23-9-3-10-24-55)73-52-76-78(71-31-17-18-32-75(71)81-76)74-51-72(60-26-11-4-12-27-60)69-29-15-16-30-70(69)77(73)74/h1-52H. The predicted octanol–water partition coefficient (Wildman–Crippen LogP) is 22.3. The quantitative estimate of drug-likeness (QED) is 0.120. The molecule has 3 nitrogen and oxygen atoms in total. The van der Waals surface area contributed by atoms with E-state index in [1.807, 2.05) is 0 Å². The lowest BCUT2D eigenvalue weighted by Crippen LogP contribution is -2.14. The van der Waals surface area contributed by atoms with Crippen LogP contribution in [0.1, 0.15) is 0 Å². The molecule has 1 aromatic heterocycles. The van der Waals surface area contributed by atoms with Crippen LogP contribution in [0, 0.1) is 0 Å². The Bertz CT molecular complexity index is 4680. The summed E-state index contributed by atoms with van der Waals surface area (Å²) in [6, 6.07) is 114. The molecule has 0 spiro atoms. The second-order valence-corrected chi connectivity index (χ2v) is 20.8. The summed E-state index contributed by atoms with van der Waals surface area (Å²) in [6.45, 7) is 0. The van der Waals surface area contributed by atoms with Gasteiger partial charge in [-0.15, -0.1) is 0 Å². The molecule has 1 heterocycles. The first-order valence-corrected chi connectivity index (χ1v) is 27.7. The zero-order chi connectivity index (χ0) is 53.6. The zero-order valence-electron chi connectivity index (χ0n) is 44.3. The molecule has 0 unspecified atom stereocenters. The van der Waals surface area contributed by atoms with Crippen LogP contribution in [0.15, 0.2) is 320 Å². The molecule has 81 heavy (non-hydrogen) atoms. The second-order valence-electron chi connectivity index (χ2n) is 20.8. The number of para-hydroxylation sites is 1. The van der Waals surface area contributed by atoms with Crippen LogP contribution in [0.25, 0.3) is 110 Å². The molecule has 0 atom stereocenters. The highest BCUT2D eigenvalue weighted by molar-refractivity contribution is 6.30. The van der Waals surface area contributed by atoms with Crippen LogP contribution < -0.4 is 9.80 Å². The first-order valence-electron chi connectivity index (χ1n) is 27.7. The smallest absolute Gasteiger partial charge is 0.136 e. The van der Waals surface area contributed by atoms with Crippen molar-refractivity contribution in [2.24, 2.45) is 0 Å². The maximum Gasteiger partial charge on any atom is 0.136 e. The zero-order valence-corrected chi connectivity index (χ0v) is 44.3. The van der Waals surface area contributed by atoms with Crippen molar-refractivity contribution < 1.29 is 4.42 Å². The SMILES string of the molecule is c1ccc(-c2ccc(N(c3ccc(-c4ccccc4)cc3)c3cc(-c4cc5oc6ccccc6c5c5cc(-c6ccccc6)c6ccccc6c45)cc(N(c4ccc(-c5ccccc5)cc4)c4ccc5ccccc5c4)c3)cc2)cc1. The van der Waals surface area contributed by atoms with Crippen molar-refractivity contribution in [3.8, 4) is 55.6 Å². The Morgan fingerprint density at radius 2 is 0.617 bits per heavy atom. The third-order valence-electron chi connectivity index (χ3n) is 16.0. The van der Waals surface area contributed by atoms with E-state index >= 15 is 0 Å². The highest BCUT2D eigenvalue weighted by Gasteiger charge is 2.24. The normalized spacial score (nSPS) is 11.5. The Kier molecular flexibility index (Phi) is 11.9. The minimum Gasteiger partial charge on any atom is -0.456 e. The van der Waals surface area contributed by atoms with Gasteiger partial charge in [0.25, 0.3) is 0 Å². The Labute approximate surface area is 471 Å². The molecule has 0 bridgehead atoms. The van der Waals surface area contributed by atoms with E-state index in [9.17, 15) is 0 Å². The molecule has 0 radical (unpaired) electrons. The molecule has 0 aliphatic heterocycles. The van der Waals surface area contributed by atoms with Crippen LogP contribution in [0.4, 0.5) is 34.1 Å². The van der Waals surface area contributed by atoms with Gasteiger partial charge in [-0.25, -0.2) is 0 Å². The van der Waals surface area contributed by atoms with Crippen molar-refractivity contribution >= 4 is 88.4 Å². The first-order chi connectivity index (χ1) is 40.1. The summed E-state index contributed by atoms with van der Waals surface area (Å²) in [6.07, 6.45) is 0. The summed E-state index contributed by atoms with van der Waals surface area (Å²) >= 11 is 0. The summed E-state index contributed by atoms with van der Waals surface area (Å²) in [4.78, 5) is 4.85. The van der Waals surface area contributed by atoms with Crippen LogP contribution >= 0.6 is 0 Å². The van der Waals surface area contributed by atoms with Gasteiger partial charge >= 0.3 is 0 Å². The molecule has 15 aromatic rings. The summed E-state index contributed by atoms with van der Waals surface area (Å²) in [7, 11) is 0. The number of anilines is 6. The van der Waals surface area contributed by atoms with E-state index in [-0.39, 0.29) is 0 Å². The van der Waals surface area contributed by atoms with Crippen LogP contribution in [-0.2, 0) is 0 Å². The third-order valence-corrected chi connectivity index (χ3v) is 16.0. The van der Waals surface area contributed by atoms with Crippen LogP contribution in [0.5, 0.6) is 0 Å². The Hall–Kier alpha value is -10.7. The van der Waals surface area contributed by atoms with Gasteiger partial charge in [0.1, 0.15) is 11.2 Å². The summed E-state index contributed by atoms with van der Waals surface area (Å²) in [5, 5.41) is 9.24. The van der Waals surface area contributed by atoms with Gasteiger partial charge < -0.3 is 14.2 Å². The molecule has 0 saturated heterocycles. The molecule has 0 amide bonds. The highest BCUT2D eigenvalue weighted by Crippen LogP contribution is 2.50. The predicted molar refractivity (Wildman–Crippen MR) is 343 cm³/mol. The fourth-order valence-corrected chi connectivity index (χ4v) is 12.1. The van der Waals surface area contributed by atoms with Gasteiger partial charge in [0.15, 0.2) is 0 Å². The van der Waals surface area contributed by atoms with Gasteiger partial charge in [-0.2, -0.15) is 0 Å². The molecule has 0 aliphatic carbocycles. The molecule has 3 heteroatoms. The summed E-state index contributed by atoms with van der Waals surface area (Å²) in [5.41, 5.74) is 19.3. The fraction of sp³-hybridized carbons (Fsp3) is 0. The van der Waals surface area contributed by atoms with Crippen molar-refractivity contribution in [1.29, 1.82) is 0 Å². The topological polar surface area (TPSA) is 19.6 Å². The number of rotatable bonds is 11. The van der Waals surface area contributed by atoms with Crippen molar-refractivity contribution in [3.63, 3.8) is 0 Å². The summed E-state index contributed by atoms with van der Waals surface area (Å²) < 4.78 is 6.98. The monoisotopic (exact) mass is 1030 g/mol. The molecule has 14 aromatic carbocycles. The minimum absolute atomic E-state index is 0.840. The van der Waals surface area contributed by atoms with Crippen LogP contribution in [0.2, 0.25) is 0 Å². The highest BCUT2D eigenvalue weighted by atomic mass is 16.3. The van der Waals surface area contributed by atoms with Crippen LogP contribution in [0.3, 0.4) is 0 Å². The number of hydrogen-bond donors (Lipinski definition) is 0. The van der Waals surface area contributed by atoms with E-state index < -0.39 is 0 Å². The lowest BCUT2D eigenvalue weighted by molar-refractivity contribution is 0.669. The van der Waals surface area contributed by atoms with Gasteiger partial charge in [0.05, 0.1) is 0 Å². The van der Waals surface area contributed by atoms with Gasteiger partial charge in [-0.1, -0.05) is 231 Å². The molecule has 0 aliphatic rings. The molecule has 0 fully saturated rings. The van der Waals surface area contributed by atoms with Gasteiger partial charge in [-0.3, -0.25) is 0 Å². The van der Waals surface area contributed by atoms with E-state index in [2.05, 4.69) is 325 Å². The molecular formula is C78H52N2O. The molecular weight excluding hydrogens is 981 g/mol. The maximum atomic E-state index is 6.98. The number of furan rings is 1. The van der Waals surface area contributed by atoms with Crippen LogP contribution in [-0.4, -0.2) is 0 Å². The Balaban J connectivity index is 1.04. The number of benzene rings is 14. The number of fused-ring (bicyclic) bond motifs is 8. The van der Waals surface area contributed by atoms with Crippen molar-refractivity contribution in [2.75, 3.05) is 9.80 Å². The first kappa shape index (κ1) is 47.5. The number of nitrogens with zero attached hydrogens (tertiary/aromatic N) is 2. The second kappa shape index (κ2) is 20.2. The van der Waals surface area contributed by atoms with Crippen molar-refractivity contribution in [2.45, 2.75) is 0 Å². The largest absolute Gasteiger partial charge is 0.456 e. The Morgan fingerprint density at radius 3 is 1.16 bits per heavy atom. The van der Waals surface area contributed by atoms with E-state index in [0.717, 1.165) is 94.7 Å². The van der Waals surface area contributed by atoms with Gasteiger partial charge in [0, 0.05) is 44.9 Å². The fourth-order valence-electron chi connectivity index (χ4n) is 12.1. The van der Waals surface area contributed by atoms with Gasteiger partial charge in [0.2, 0.25) is 0 Å². The van der Waals surface area contributed by atoms with E-state index in [1.165, 1.54) is 49.4 Å². The third kappa shape index (κ3) is 8.75. The van der Waals surface area contributed by atoms with E-state index in [1.54, 1.807) is 0 Å². The molecule has 0 saturated carbocycles. The lowest BCUT2D eigenvalue weighted by atomic mass is 9.87. The lowest BCUT2D eigenvalue weighted by Gasteiger charge is -2.31. The van der Waals surface area contributed by atoms with Crippen molar-refractivity contribution in [3.05, 3.63) is 315 Å². The molecule has 0 N–H and O–H groups in total. The van der Waals surface area contributed by atoms with Crippen molar-refractivity contribution in [1.82, 2.24) is 0 Å². The molecule has 380 valence electrons.